The molecule has 0 saturated carbocycles. The topological polar surface area (TPSA) is 26.3 Å². The van der Waals surface area contributed by atoms with E-state index in [4.69, 9.17) is 8.83 Å². The van der Waals surface area contributed by atoms with Gasteiger partial charge in [0, 0.05) is 0 Å². The fraction of sp³-hybridized carbons (Fsp3) is 0. The minimum absolute atomic E-state index is 0.806. The maximum absolute atomic E-state index is 5.28. The summed E-state index contributed by atoms with van der Waals surface area (Å²) in [6, 6.07) is 3.82. The fourth-order valence-corrected chi connectivity index (χ4v) is 1.59. The van der Waals surface area contributed by atoms with Crippen LogP contribution in [0, 0.1) is 0 Å². The van der Waals surface area contributed by atoms with Gasteiger partial charge in [0.25, 0.3) is 0 Å². The van der Waals surface area contributed by atoms with E-state index in [2.05, 4.69) is 7.49 Å². The fourth-order valence-electron chi connectivity index (χ4n) is 1.59. The van der Waals surface area contributed by atoms with Crippen LogP contribution in [-0.2, 0) is 0 Å². The summed E-state index contributed by atoms with van der Waals surface area (Å²) in [7, 11) is 3.96. The Hall–Kier alpha value is -1.51. The SMILES string of the molecule is B=C1c2ccoc2-c2occc21. The van der Waals surface area contributed by atoms with Gasteiger partial charge in [0.2, 0.25) is 0 Å². The average molecular weight is 156 g/mol. The van der Waals surface area contributed by atoms with Crippen molar-refractivity contribution >= 4 is 13.0 Å². The van der Waals surface area contributed by atoms with Crippen molar-refractivity contribution in [2.45, 2.75) is 0 Å². The van der Waals surface area contributed by atoms with Gasteiger partial charge in [-0.1, -0.05) is 0 Å². The molecule has 0 bridgehead atoms. The van der Waals surface area contributed by atoms with E-state index in [1.54, 1.807) is 12.5 Å². The standard InChI is InChI=1S/C9H5BO2/c10-7-5-1-3-11-8(5)9-6(7)2-4-12-9/h1-4,10H. The molecule has 2 nitrogen and oxygen atoms in total. The molecule has 0 atom stereocenters. The van der Waals surface area contributed by atoms with Crippen LogP contribution in [-0.4, -0.2) is 13.0 Å². The van der Waals surface area contributed by atoms with Crippen LogP contribution in [0.4, 0.5) is 0 Å². The second kappa shape index (κ2) is 1.80. The molecule has 0 spiro atoms. The van der Waals surface area contributed by atoms with Crippen molar-refractivity contribution in [1.82, 2.24) is 0 Å². The van der Waals surface area contributed by atoms with Gasteiger partial charge in [0.05, 0.1) is 0 Å². The Kier molecular flexibility index (Phi) is 0.911. The number of fused-ring (bicyclic) bond motifs is 3. The summed E-state index contributed by atoms with van der Waals surface area (Å²) in [6.07, 6.45) is 3.31. The molecule has 0 aromatic carbocycles. The molecule has 56 valence electrons. The van der Waals surface area contributed by atoms with E-state index in [1.165, 1.54) is 0 Å². The van der Waals surface area contributed by atoms with Crippen molar-refractivity contribution in [3.63, 3.8) is 0 Å². The van der Waals surface area contributed by atoms with E-state index < -0.39 is 0 Å². The van der Waals surface area contributed by atoms with Gasteiger partial charge in [0.15, 0.2) is 0 Å². The van der Waals surface area contributed by atoms with Crippen molar-refractivity contribution < 1.29 is 8.83 Å². The van der Waals surface area contributed by atoms with Crippen molar-refractivity contribution in [1.29, 1.82) is 0 Å². The van der Waals surface area contributed by atoms with Crippen LogP contribution in [0.3, 0.4) is 0 Å². The summed E-state index contributed by atoms with van der Waals surface area (Å²) in [4.78, 5) is 0. The Labute approximate surface area is 69.9 Å². The average Bonchev–Trinajstić information content (AvgIpc) is 2.72. The van der Waals surface area contributed by atoms with E-state index in [-0.39, 0.29) is 0 Å². The Morgan fingerprint density at radius 1 is 0.917 bits per heavy atom. The zero-order valence-electron chi connectivity index (χ0n) is 6.33. The van der Waals surface area contributed by atoms with E-state index in [1.807, 2.05) is 12.1 Å². The number of hydrogen-bond acceptors (Lipinski definition) is 2. The first-order chi connectivity index (χ1) is 5.88. The minimum atomic E-state index is 0.806. The molecule has 2 aromatic rings. The Morgan fingerprint density at radius 2 is 1.42 bits per heavy atom. The van der Waals surface area contributed by atoms with Gasteiger partial charge >= 0.3 is 69.1 Å². The quantitative estimate of drug-likeness (QED) is 0.458. The first-order valence-corrected chi connectivity index (χ1v) is 3.73. The van der Waals surface area contributed by atoms with Crippen molar-refractivity contribution in [3.05, 3.63) is 35.8 Å². The number of rotatable bonds is 0. The summed E-state index contributed by atoms with van der Waals surface area (Å²) < 4.78 is 10.6. The van der Waals surface area contributed by atoms with Crippen LogP contribution in [0.2, 0.25) is 0 Å². The molecule has 0 aliphatic heterocycles. The first kappa shape index (κ1) is 6.06. The molecule has 2 aromatic heterocycles. The van der Waals surface area contributed by atoms with Gasteiger partial charge in [-0.25, -0.2) is 0 Å². The third-order valence-corrected chi connectivity index (χ3v) is 2.19. The second-order valence-electron chi connectivity index (χ2n) is 2.81. The van der Waals surface area contributed by atoms with Crippen molar-refractivity contribution in [2.75, 3.05) is 0 Å². The molecule has 0 radical (unpaired) electrons. The van der Waals surface area contributed by atoms with Crippen molar-refractivity contribution in [3.8, 4) is 11.5 Å². The summed E-state index contributed by atoms with van der Waals surface area (Å²) in [5.41, 5.74) is 3.08. The van der Waals surface area contributed by atoms with Gasteiger partial charge in [0.1, 0.15) is 0 Å². The van der Waals surface area contributed by atoms with Crippen LogP contribution < -0.4 is 0 Å². The molecule has 12 heavy (non-hydrogen) atoms. The van der Waals surface area contributed by atoms with Crippen LogP contribution in [0.15, 0.2) is 33.5 Å². The molecule has 0 N–H and O–H groups in total. The third-order valence-electron chi connectivity index (χ3n) is 2.19. The molecule has 0 amide bonds. The molecular weight excluding hydrogens is 151 g/mol. The van der Waals surface area contributed by atoms with Gasteiger partial charge < -0.3 is 0 Å². The molecule has 0 unspecified atom stereocenters. The zero-order chi connectivity index (χ0) is 8.13. The predicted octanol–water partition coefficient (Wildman–Crippen LogP) is 1.32. The molecule has 0 fully saturated rings. The Bertz CT molecular complexity index is 422. The van der Waals surface area contributed by atoms with Gasteiger partial charge in [-0.3, -0.25) is 0 Å². The summed E-state index contributed by atoms with van der Waals surface area (Å²) in [6.45, 7) is 0. The molecular formula is C9H5BO2. The molecule has 1 aliphatic rings. The Balaban J connectivity index is 2.47. The first-order valence-electron chi connectivity index (χ1n) is 3.73. The van der Waals surface area contributed by atoms with Crippen LogP contribution >= 0.6 is 0 Å². The van der Waals surface area contributed by atoms with E-state index >= 15 is 0 Å². The van der Waals surface area contributed by atoms with Gasteiger partial charge in [-0.15, -0.1) is 0 Å². The molecule has 1 aliphatic carbocycles. The Morgan fingerprint density at radius 3 is 1.92 bits per heavy atom. The zero-order valence-corrected chi connectivity index (χ0v) is 6.33. The van der Waals surface area contributed by atoms with Crippen molar-refractivity contribution in [2.24, 2.45) is 0 Å². The molecule has 3 heteroatoms. The number of hydrogen-bond donors (Lipinski definition) is 0. The summed E-state index contributed by atoms with van der Waals surface area (Å²) in [5.74, 6) is 1.61. The summed E-state index contributed by atoms with van der Waals surface area (Å²) >= 11 is 0. The van der Waals surface area contributed by atoms with E-state index in [0.717, 1.165) is 28.1 Å². The molecule has 3 rings (SSSR count). The third kappa shape index (κ3) is 0.513. The molecule has 0 saturated heterocycles. The van der Waals surface area contributed by atoms with Crippen LogP contribution in [0.25, 0.3) is 11.5 Å². The number of furan rings is 2. The van der Waals surface area contributed by atoms with E-state index in [0.29, 0.717) is 0 Å². The maximum atomic E-state index is 5.28. The second-order valence-corrected chi connectivity index (χ2v) is 2.81. The van der Waals surface area contributed by atoms with Crippen LogP contribution in [0.1, 0.15) is 11.1 Å². The van der Waals surface area contributed by atoms with Gasteiger partial charge in [-0.05, 0) is 0 Å². The normalized spacial score (nSPS) is 13.1. The molecule has 2 heterocycles. The monoisotopic (exact) mass is 156 g/mol. The van der Waals surface area contributed by atoms with E-state index in [9.17, 15) is 0 Å². The predicted molar refractivity (Wildman–Crippen MR) is 46.8 cm³/mol. The van der Waals surface area contributed by atoms with Gasteiger partial charge in [-0.2, -0.15) is 0 Å². The summed E-state index contributed by atoms with van der Waals surface area (Å²) in [5, 5.41) is 0. The van der Waals surface area contributed by atoms with Crippen LogP contribution in [0.5, 0.6) is 0 Å².